The van der Waals surface area contributed by atoms with Gasteiger partial charge in [-0.3, -0.25) is 4.98 Å². The highest BCUT2D eigenvalue weighted by Gasteiger charge is 2.13. The van der Waals surface area contributed by atoms with Crippen LogP contribution in [-0.2, 0) is 20.8 Å². The predicted octanol–water partition coefficient (Wildman–Crippen LogP) is 3.98. The Hall–Kier alpha value is -2.96. The number of carbonyl (C=O) groups excluding carboxylic acids is 1. The first kappa shape index (κ1) is 19.8. The maximum atomic E-state index is 12.6. The van der Waals surface area contributed by atoms with E-state index in [-0.39, 0.29) is 12.9 Å². The maximum absolute atomic E-state index is 12.6. The molecule has 28 heavy (non-hydrogen) atoms. The number of rotatable bonds is 9. The molecule has 0 radical (unpaired) electrons. The van der Waals surface area contributed by atoms with Crippen LogP contribution in [0.15, 0.2) is 60.8 Å². The highest BCUT2D eigenvalue weighted by atomic mass is 16.7. The second kappa shape index (κ2) is 9.82. The third kappa shape index (κ3) is 5.06. The summed E-state index contributed by atoms with van der Waals surface area (Å²) >= 11 is 0. The van der Waals surface area contributed by atoms with Crippen molar-refractivity contribution in [3.8, 4) is 5.75 Å². The molecule has 0 aliphatic rings. The Morgan fingerprint density at radius 1 is 1.04 bits per heavy atom. The molecule has 0 atom stereocenters. The molecule has 1 heterocycles. The van der Waals surface area contributed by atoms with Crippen LogP contribution < -0.4 is 4.74 Å². The number of fused-ring (bicyclic) bond motifs is 1. The number of ether oxygens (including phenoxy) is 4. The summed E-state index contributed by atoms with van der Waals surface area (Å²) in [5.74, 6) is 0.246. The van der Waals surface area contributed by atoms with E-state index in [4.69, 9.17) is 18.9 Å². The first-order valence-electron chi connectivity index (χ1n) is 8.99. The van der Waals surface area contributed by atoms with Gasteiger partial charge in [-0.25, -0.2) is 4.79 Å². The van der Waals surface area contributed by atoms with Crippen molar-refractivity contribution in [1.29, 1.82) is 0 Å². The number of nitrogens with zero attached hydrogens (tertiary/aromatic N) is 1. The van der Waals surface area contributed by atoms with E-state index in [1.165, 1.54) is 0 Å². The van der Waals surface area contributed by atoms with Crippen LogP contribution in [0.25, 0.3) is 10.9 Å². The van der Waals surface area contributed by atoms with E-state index in [9.17, 15) is 4.79 Å². The van der Waals surface area contributed by atoms with Gasteiger partial charge in [-0.1, -0.05) is 30.3 Å². The van der Waals surface area contributed by atoms with Gasteiger partial charge in [-0.15, -0.1) is 0 Å². The highest BCUT2D eigenvalue weighted by Crippen LogP contribution is 2.24. The monoisotopic (exact) mass is 381 g/mol. The fourth-order valence-corrected chi connectivity index (χ4v) is 2.80. The summed E-state index contributed by atoms with van der Waals surface area (Å²) in [6, 6.07) is 16.7. The SMILES string of the molecule is COC(CCOc1ccc2nccc(C(=O)OCc3ccccc3)c2c1)OC. The quantitative estimate of drug-likeness (QED) is 0.413. The Labute approximate surface area is 164 Å². The van der Waals surface area contributed by atoms with Gasteiger partial charge in [0.15, 0.2) is 6.29 Å². The zero-order valence-electron chi connectivity index (χ0n) is 16.0. The lowest BCUT2D eigenvalue weighted by molar-refractivity contribution is -0.110. The third-order valence-electron chi connectivity index (χ3n) is 4.29. The molecule has 0 aliphatic carbocycles. The predicted molar refractivity (Wildman–Crippen MR) is 105 cm³/mol. The summed E-state index contributed by atoms with van der Waals surface area (Å²) in [6.07, 6.45) is 1.87. The molecule has 146 valence electrons. The number of esters is 1. The average Bonchev–Trinajstić information content (AvgIpc) is 2.75. The smallest absolute Gasteiger partial charge is 0.339 e. The molecule has 0 fully saturated rings. The molecule has 2 aromatic carbocycles. The summed E-state index contributed by atoms with van der Waals surface area (Å²) in [7, 11) is 3.17. The van der Waals surface area contributed by atoms with E-state index in [0.717, 1.165) is 5.56 Å². The molecule has 3 aromatic rings. The Morgan fingerprint density at radius 3 is 2.57 bits per heavy atom. The molecule has 0 saturated heterocycles. The lowest BCUT2D eigenvalue weighted by Gasteiger charge is -2.14. The van der Waals surface area contributed by atoms with Crippen molar-refractivity contribution in [3.63, 3.8) is 0 Å². The van der Waals surface area contributed by atoms with Crippen molar-refractivity contribution in [2.24, 2.45) is 0 Å². The standard InChI is InChI=1S/C22H23NO5/c1-25-21(26-2)11-13-27-17-8-9-20-19(14-17)18(10-12-23-20)22(24)28-15-16-6-4-3-5-7-16/h3-10,12,14,21H,11,13,15H2,1-2H3. The van der Waals surface area contributed by atoms with Gasteiger partial charge in [0.25, 0.3) is 0 Å². The first-order chi connectivity index (χ1) is 13.7. The van der Waals surface area contributed by atoms with Crippen LogP contribution in [0.2, 0.25) is 0 Å². The van der Waals surface area contributed by atoms with Crippen LogP contribution in [0.1, 0.15) is 22.3 Å². The van der Waals surface area contributed by atoms with Gasteiger partial charge in [-0.05, 0) is 29.8 Å². The van der Waals surface area contributed by atoms with Crippen LogP contribution in [0.5, 0.6) is 5.75 Å². The van der Waals surface area contributed by atoms with Crippen molar-refractivity contribution in [3.05, 3.63) is 71.9 Å². The molecule has 0 saturated carbocycles. The van der Waals surface area contributed by atoms with E-state index in [1.54, 1.807) is 32.5 Å². The second-order valence-electron chi connectivity index (χ2n) is 6.14. The fourth-order valence-electron chi connectivity index (χ4n) is 2.80. The Morgan fingerprint density at radius 2 is 1.82 bits per heavy atom. The first-order valence-corrected chi connectivity index (χ1v) is 8.99. The summed E-state index contributed by atoms with van der Waals surface area (Å²) in [4.78, 5) is 16.9. The van der Waals surface area contributed by atoms with Crippen LogP contribution in [0.3, 0.4) is 0 Å². The van der Waals surface area contributed by atoms with E-state index in [1.807, 2.05) is 42.5 Å². The van der Waals surface area contributed by atoms with Gasteiger partial charge < -0.3 is 18.9 Å². The van der Waals surface area contributed by atoms with Crippen LogP contribution in [-0.4, -0.2) is 38.1 Å². The molecule has 6 nitrogen and oxygen atoms in total. The zero-order chi connectivity index (χ0) is 19.8. The molecule has 0 bridgehead atoms. The Kier molecular flexibility index (Phi) is 6.94. The molecule has 0 unspecified atom stereocenters. The number of pyridine rings is 1. The molecule has 0 spiro atoms. The average molecular weight is 381 g/mol. The molecule has 1 aromatic heterocycles. The minimum atomic E-state index is -0.396. The highest BCUT2D eigenvalue weighted by molar-refractivity contribution is 6.03. The van der Waals surface area contributed by atoms with Gasteiger partial charge in [-0.2, -0.15) is 0 Å². The number of carbonyl (C=O) groups is 1. The van der Waals surface area contributed by atoms with Crippen LogP contribution in [0, 0.1) is 0 Å². The minimum Gasteiger partial charge on any atom is -0.493 e. The van der Waals surface area contributed by atoms with Crippen LogP contribution in [0.4, 0.5) is 0 Å². The lowest BCUT2D eigenvalue weighted by atomic mass is 10.1. The topological polar surface area (TPSA) is 66.9 Å². The molecule has 0 aliphatic heterocycles. The number of hydrogen-bond donors (Lipinski definition) is 0. The summed E-state index contributed by atoms with van der Waals surface area (Å²) in [5, 5.41) is 0.688. The Bertz CT molecular complexity index is 909. The zero-order valence-corrected chi connectivity index (χ0v) is 16.0. The lowest BCUT2D eigenvalue weighted by Crippen LogP contribution is -2.16. The van der Waals surface area contributed by atoms with Gasteiger partial charge in [0.1, 0.15) is 12.4 Å². The second-order valence-corrected chi connectivity index (χ2v) is 6.14. The fraction of sp³-hybridized carbons (Fsp3) is 0.273. The number of methoxy groups -OCH3 is 2. The summed E-state index contributed by atoms with van der Waals surface area (Å²) < 4.78 is 21.5. The van der Waals surface area contributed by atoms with E-state index < -0.39 is 5.97 Å². The third-order valence-corrected chi connectivity index (χ3v) is 4.29. The summed E-state index contributed by atoms with van der Waals surface area (Å²) in [5.41, 5.74) is 2.09. The van der Waals surface area contributed by atoms with Crippen molar-refractivity contribution in [2.45, 2.75) is 19.3 Å². The van der Waals surface area contributed by atoms with Crippen molar-refractivity contribution in [1.82, 2.24) is 4.98 Å². The largest absolute Gasteiger partial charge is 0.493 e. The summed E-state index contributed by atoms with van der Waals surface area (Å²) in [6.45, 7) is 0.640. The van der Waals surface area contributed by atoms with E-state index in [2.05, 4.69) is 4.98 Å². The van der Waals surface area contributed by atoms with Gasteiger partial charge >= 0.3 is 5.97 Å². The van der Waals surface area contributed by atoms with E-state index in [0.29, 0.717) is 35.2 Å². The number of hydrogen-bond acceptors (Lipinski definition) is 6. The normalized spacial score (nSPS) is 11.0. The minimum absolute atomic E-state index is 0.217. The Balaban J connectivity index is 1.72. The van der Waals surface area contributed by atoms with Gasteiger partial charge in [0.2, 0.25) is 0 Å². The molecular weight excluding hydrogens is 358 g/mol. The molecule has 3 rings (SSSR count). The van der Waals surface area contributed by atoms with E-state index >= 15 is 0 Å². The van der Waals surface area contributed by atoms with Crippen LogP contribution >= 0.6 is 0 Å². The molecule has 0 amide bonds. The van der Waals surface area contributed by atoms with Gasteiger partial charge in [0.05, 0.1) is 17.7 Å². The van der Waals surface area contributed by atoms with Crippen molar-refractivity contribution >= 4 is 16.9 Å². The maximum Gasteiger partial charge on any atom is 0.339 e. The van der Waals surface area contributed by atoms with Crippen molar-refractivity contribution < 1.29 is 23.7 Å². The number of benzene rings is 2. The molecule has 6 heteroatoms. The van der Waals surface area contributed by atoms with Gasteiger partial charge in [0, 0.05) is 32.2 Å². The van der Waals surface area contributed by atoms with Crippen molar-refractivity contribution in [2.75, 3.05) is 20.8 Å². The molecule has 0 N–H and O–H groups in total. The molecular formula is C22H23NO5. The number of aromatic nitrogens is 1.